The molecule has 1 aromatic heterocycles. The quantitative estimate of drug-likeness (QED) is 0.788. The Kier molecular flexibility index (Phi) is 3.15. The van der Waals surface area contributed by atoms with Gasteiger partial charge in [0.2, 0.25) is 0 Å². The van der Waals surface area contributed by atoms with E-state index in [-0.39, 0.29) is 0 Å². The van der Waals surface area contributed by atoms with E-state index in [0.717, 1.165) is 6.26 Å². The SMILES string of the molecule is CC(OS(C)(=O)=O)c1ccc(Br)o1. The second-order valence-corrected chi connectivity index (χ2v) is 4.97. The monoisotopic (exact) mass is 268 g/mol. The topological polar surface area (TPSA) is 56.5 Å². The average molecular weight is 269 g/mol. The van der Waals surface area contributed by atoms with Gasteiger partial charge >= 0.3 is 0 Å². The summed E-state index contributed by atoms with van der Waals surface area (Å²) in [5.41, 5.74) is 0. The van der Waals surface area contributed by atoms with Crippen LogP contribution in [0.2, 0.25) is 0 Å². The van der Waals surface area contributed by atoms with E-state index in [2.05, 4.69) is 15.9 Å². The number of rotatable bonds is 3. The summed E-state index contributed by atoms with van der Waals surface area (Å²) in [6.07, 6.45) is 0.405. The van der Waals surface area contributed by atoms with E-state index >= 15 is 0 Å². The van der Waals surface area contributed by atoms with Gasteiger partial charge in [-0.2, -0.15) is 8.42 Å². The third-order valence-electron chi connectivity index (χ3n) is 1.31. The standard InChI is InChI=1S/C7H9BrO4S/c1-5(12-13(2,9)10)6-3-4-7(8)11-6/h3-5H,1-2H3. The molecule has 1 aromatic rings. The highest BCUT2D eigenvalue weighted by Crippen LogP contribution is 2.23. The Balaban J connectivity index is 2.75. The first-order valence-corrected chi connectivity index (χ1v) is 6.13. The number of hydrogen-bond acceptors (Lipinski definition) is 4. The van der Waals surface area contributed by atoms with Gasteiger partial charge in [0, 0.05) is 0 Å². The van der Waals surface area contributed by atoms with Crippen LogP contribution in [0.1, 0.15) is 18.8 Å². The van der Waals surface area contributed by atoms with Gasteiger partial charge in [-0.3, -0.25) is 4.18 Å². The molecule has 13 heavy (non-hydrogen) atoms. The fraction of sp³-hybridized carbons (Fsp3) is 0.429. The Hall–Kier alpha value is -0.330. The fourth-order valence-electron chi connectivity index (χ4n) is 0.856. The molecule has 6 heteroatoms. The molecule has 74 valence electrons. The van der Waals surface area contributed by atoms with Gasteiger partial charge in [0.05, 0.1) is 6.26 Å². The summed E-state index contributed by atoms with van der Waals surface area (Å²) in [6, 6.07) is 3.33. The molecule has 0 aliphatic heterocycles. The molecular weight excluding hydrogens is 260 g/mol. The van der Waals surface area contributed by atoms with Crippen molar-refractivity contribution in [3.8, 4) is 0 Å². The van der Waals surface area contributed by atoms with Crippen LogP contribution >= 0.6 is 15.9 Å². The summed E-state index contributed by atoms with van der Waals surface area (Å²) in [7, 11) is -3.44. The van der Waals surface area contributed by atoms with Crippen LogP contribution in [0.4, 0.5) is 0 Å². The zero-order valence-corrected chi connectivity index (χ0v) is 9.55. The van der Waals surface area contributed by atoms with Crippen molar-refractivity contribution in [3.63, 3.8) is 0 Å². The summed E-state index contributed by atoms with van der Waals surface area (Å²) in [5, 5.41) is 0. The van der Waals surface area contributed by atoms with Gasteiger partial charge in [0.15, 0.2) is 4.67 Å². The van der Waals surface area contributed by atoms with Crippen molar-refractivity contribution in [1.29, 1.82) is 0 Å². The second-order valence-electron chi connectivity index (χ2n) is 2.58. The highest BCUT2D eigenvalue weighted by molar-refractivity contribution is 9.10. The first kappa shape index (κ1) is 10.7. The lowest BCUT2D eigenvalue weighted by molar-refractivity contribution is 0.203. The van der Waals surface area contributed by atoms with Crippen LogP contribution in [0.3, 0.4) is 0 Å². The fourth-order valence-corrected chi connectivity index (χ4v) is 1.79. The van der Waals surface area contributed by atoms with E-state index in [0.29, 0.717) is 10.4 Å². The zero-order chi connectivity index (χ0) is 10.1. The maximum atomic E-state index is 10.7. The van der Waals surface area contributed by atoms with Crippen molar-refractivity contribution in [2.24, 2.45) is 0 Å². The summed E-state index contributed by atoms with van der Waals surface area (Å²) >= 11 is 3.11. The predicted molar refractivity (Wildman–Crippen MR) is 50.8 cm³/mol. The average Bonchev–Trinajstić information content (AvgIpc) is 2.31. The Morgan fingerprint density at radius 1 is 1.54 bits per heavy atom. The Morgan fingerprint density at radius 3 is 2.54 bits per heavy atom. The van der Waals surface area contributed by atoms with Crippen molar-refractivity contribution in [2.75, 3.05) is 6.26 Å². The lowest BCUT2D eigenvalue weighted by Gasteiger charge is -2.06. The Labute approximate surface area is 85.1 Å². The minimum atomic E-state index is -3.44. The van der Waals surface area contributed by atoms with Crippen molar-refractivity contribution in [3.05, 3.63) is 22.6 Å². The van der Waals surface area contributed by atoms with Crippen LogP contribution in [0, 0.1) is 0 Å². The molecule has 4 nitrogen and oxygen atoms in total. The molecule has 0 amide bonds. The maximum Gasteiger partial charge on any atom is 0.265 e. The largest absolute Gasteiger partial charge is 0.452 e. The highest BCUT2D eigenvalue weighted by Gasteiger charge is 2.15. The van der Waals surface area contributed by atoms with E-state index in [1.807, 2.05) is 0 Å². The smallest absolute Gasteiger partial charge is 0.265 e. The molecule has 0 aliphatic rings. The molecule has 0 bridgehead atoms. The molecule has 0 fully saturated rings. The normalized spacial score (nSPS) is 14.4. The lowest BCUT2D eigenvalue weighted by atomic mass is 10.3. The first-order valence-electron chi connectivity index (χ1n) is 3.52. The van der Waals surface area contributed by atoms with E-state index in [1.165, 1.54) is 0 Å². The Bertz CT molecular complexity index is 381. The molecular formula is C7H9BrO4S. The van der Waals surface area contributed by atoms with Crippen molar-refractivity contribution in [1.82, 2.24) is 0 Å². The molecule has 0 aromatic carbocycles. The van der Waals surface area contributed by atoms with Gasteiger partial charge in [-0.15, -0.1) is 0 Å². The van der Waals surface area contributed by atoms with Gasteiger partial charge in [0.1, 0.15) is 11.9 Å². The first-order chi connectivity index (χ1) is 5.88. The summed E-state index contributed by atoms with van der Waals surface area (Å²) in [5.74, 6) is 0.470. The van der Waals surface area contributed by atoms with Crippen molar-refractivity contribution < 1.29 is 17.0 Å². The molecule has 0 saturated heterocycles. The molecule has 1 unspecified atom stereocenters. The molecule has 0 spiro atoms. The molecule has 1 atom stereocenters. The van der Waals surface area contributed by atoms with Gasteiger partial charge in [-0.25, -0.2) is 0 Å². The van der Waals surface area contributed by atoms with Gasteiger partial charge in [-0.05, 0) is 35.0 Å². The van der Waals surface area contributed by atoms with Gasteiger partial charge < -0.3 is 4.42 Å². The summed E-state index contributed by atoms with van der Waals surface area (Å²) < 4.78 is 31.9. The van der Waals surface area contributed by atoms with E-state index in [9.17, 15) is 8.42 Å². The molecule has 0 aliphatic carbocycles. The number of furan rings is 1. The molecule has 0 radical (unpaired) electrons. The zero-order valence-electron chi connectivity index (χ0n) is 7.15. The number of halogens is 1. The van der Waals surface area contributed by atoms with Crippen LogP contribution in [0.25, 0.3) is 0 Å². The summed E-state index contributed by atoms with van der Waals surface area (Å²) in [4.78, 5) is 0. The van der Waals surface area contributed by atoms with Crippen LogP contribution in [-0.2, 0) is 14.3 Å². The van der Waals surface area contributed by atoms with Crippen LogP contribution in [-0.4, -0.2) is 14.7 Å². The Morgan fingerprint density at radius 2 is 2.15 bits per heavy atom. The minimum absolute atomic E-state index is 0.470. The van der Waals surface area contributed by atoms with Crippen molar-refractivity contribution in [2.45, 2.75) is 13.0 Å². The van der Waals surface area contributed by atoms with Gasteiger partial charge in [-0.1, -0.05) is 0 Å². The molecule has 1 rings (SSSR count). The molecule has 1 heterocycles. The van der Waals surface area contributed by atoms with E-state index in [4.69, 9.17) is 8.60 Å². The van der Waals surface area contributed by atoms with Gasteiger partial charge in [0.25, 0.3) is 10.1 Å². The molecule has 0 saturated carbocycles. The van der Waals surface area contributed by atoms with Crippen molar-refractivity contribution >= 4 is 26.0 Å². The van der Waals surface area contributed by atoms with Crippen LogP contribution in [0.5, 0.6) is 0 Å². The maximum absolute atomic E-state index is 10.7. The highest BCUT2D eigenvalue weighted by atomic mass is 79.9. The third kappa shape index (κ3) is 3.50. The third-order valence-corrected chi connectivity index (χ3v) is 2.38. The van der Waals surface area contributed by atoms with E-state index < -0.39 is 16.2 Å². The number of hydrogen-bond donors (Lipinski definition) is 0. The summed E-state index contributed by atoms with van der Waals surface area (Å²) in [6.45, 7) is 1.60. The second kappa shape index (κ2) is 3.81. The van der Waals surface area contributed by atoms with E-state index in [1.54, 1.807) is 19.1 Å². The minimum Gasteiger partial charge on any atom is -0.452 e. The predicted octanol–water partition coefficient (Wildman–Crippen LogP) is 2.08. The lowest BCUT2D eigenvalue weighted by Crippen LogP contribution is -2.06. The van der Waals surface area contributed by atoms with Crippen LogP contribution < -0.4 is 0 Å². The molecule has 0 N–H and O–H groups in total. The van der Waals surface area contributed by atoms with Crippen LogP contribution in [0.15, 0.2) is 21.2 Å².